The summed E-state index contributed by atoms with van der Waals surface area (Å²) in [6.07, 6.45) is 13.1. The summed E-state index contributed by atoms with van der Waals surface area (Å²) in [7, 11) is -1.11. The number of hydrogen-bond acceptors (Lipinski definition) is 8. The van der Waals surface area contributed by atoms with Crippen molar-refractivity contribution in [2.24, 2.45) is 0 Å². The Labute approximate surface area is 203 Å². The molecule has 2 fully saturated rings. The van der Waals surface area contributed by atoms with E-state index in [-0.39, 0.29) is 12.1 Å². The van der Waals surface area contributed by atoms with Crippen LogP contribution < -0.4 is 10.2 Å². The molecular weight excluding hydrogens is 448 g/mol. The van der Waals surface area contributed by atoms with Gasteiger partial charge in [-0.15, -0.1) is 0 Å². The Morgan fingerprint density at radius 2 is 1.85 bits per heavy atom. The number of fused-ring (bicyclic) bond motifs is 2. The van der Waals surface area contributed by atoms with Crippen LogP contribution in [0.15, 0.2) is 11.1 Å². The van der Waals surface area contributed by atoms with E-state index in [9.17, 15) is 9.32 Å². The van der Waals surface area contributed by atoms with Gasteiger partial charge in [-0.3, -0.25) is 4.21 Å². The average Bonchev–Trinajstić information content (AvgIpc) is 3.23. The van der Waals surface area contributed by atoms with Gasteiger partial charge in [0.1, 0.15) is 16.5 Å². The highest BCUT2D eigenvalue weighted by Gasteiger charge is 2.38. The van der Waals surface area contributed by atoms with Crippen molar-refractivity contribution in [3.8, 4) is 0 Å². The van der Waals surface area contributed by atoms with Crippen LogP contribution in [0.4, 0.5) is 11.8 Å². The second-order valence-corrected chi connectivity index (χ2v) is 11.9. The van der Waals surface area contributed by atoms with Gasteiger partial charge in [-0.25, -0.2) is 15.0 Å². The molecule has 1 saturated heterocycles. The fourth-order valence-corrected chi connectivity index (χ4v) is 7.18. The molecule has 0 amide bonds. The van der Waals surface area contributed by atoms with Gasteiger partial charge in [-0.2, -0.15) is 4.98 Å². The van der Waals surface area contributed by atoms with E-state index in [4.69, 9.17) is 19.9 Å². The van der Waals surface area contributed by atoms with Gasteiger partial charge in [-0.1, -0.05) is 0 Å². The third kappa shape index (κ3) is 4.11. The predicted molar refractivity (Wildman–Crippen MR) is 132 cm³/mol. The van der Waals surface area contributed by atoms with Crippen molar-refractivity contribution >= 4 is 22.6 Å². The molecule has 8 nitrogen and oxygen atoms in total. The third-order valence-electron chi connectivity index (χ3n) is 8.12. The van der Waals surface area contributed by atoms with Crippen molar-refractivity contribution in [3.05, 3.63) is 29.0 Å². The van der Waals surface area contributed by atoms with Crippen molar-refractivity contribution in [2.75, 3.05) is 35.7 Å². The van der Waals surface area contributed by atoms with Gasteiger partial charge in [0.2, 0.25) is 5.95 Å². The highest BCUT2D eigenvalue weighted by molar-refractivity contribution is 7.85. The SMILES string of the molecule is O=[S@@]1CCCCc2nc(N3CCC(c4ncc5c(n4)CCC5)CC3)nc(NC3(CO)CCC3)c21. The molecule has 1 saturated carbocycles. The van der Waals surface area contributed by atoms with Crippen LogP contribution in [0.1, 0.15) is 80.1 Å². The fourth-order valence-electron chi connectivity index (χ4n) is 5.79. The summed E-state index contributed by atoms with van der Waals surface area (Å²) in [5, 5.41) is 13.6. The van der Waals surface area contributed by atoms with Gasteiger partial charge >= 0.3 is 0 Å². The molecule has 4 aliphatic rings. The summed E-state index contributed by atoms with van der Waals surface area (Å²) in [6, 6.07) is 0. The third-order valence-corrected chi connectivity index (χ3v) is 9.66. The van der Waals surface area contributed by atoms with Crippen LogP contribution in [0.3, 0.4) is 0 Å². The number of aliphatic hydroxyl groups excluding tert-OH is 1. The first-order valence-electron chi connectivity index (χ1n) is 12.9. The highest BCUT2D eigenvalue weighted by Crippen LogP contribution is 2.38. The van der Waals surface area contributed by atoms with Gasteiger partial charge in [0, 0.05) is 36.7 Å². The number of aromatic nitrogens is 4. The first-order chi connectivity index (χ1) is 16.6. The molecule has 34 heavy (non-hydrogen) atoms. The van der Waals surface area contributed by atoms with Crippen molar-refractivity contribution in [1.29, 1.82) is 0 Å². The zero-order valence-corrected chi connectivity index (χ0v) is 20.6. The zero-order chi connectivity index (χ0) is 23.1. The molecule has 182 valence electrons. The van der Waals surface area contributed by atoms with Gasteiger partial charge in [0.25, 0.3) is 0 Å². The minimum absolute atomic E-state index is 0.0694. The topological polar surface area (TPSA) is 104 Å². The van der Waals surface area contributed by atoms with Crippen molar-refractivity contribution in [2.45, 2.75) is 87.0 Å². The first-order valence-corrected chi connectivity index (χ1v) is 14.2. The second-order valence-electron chi connectivity index (χ2n) is 10.4. The lowest BCUT2D eigenvalue weighted by Crippen LogP contribution is -2.49. The standard InChI is InChI=1S/C25H34N6O2S/c32-16-25(10-4-11-25)30-23-21-20(6-1-2-14-34(21)33)28-24(29-23)31-12-8-17(9-13-31)22-26-15-18-5-3-7-19(18)27-22/h15,17,32H,1-14,16H2,(H,28,29,30)/t34-/m1/s1. The van der Waals surface area contributed by atoms with E-state index in [1.54, 1.807) is 0 Å². The minimum Gasteiger partial charge on any atom is -0.394 e. The van der Waals surface area contributed by atoms with E-state index in [0.717, 1.165) is 99.7 Å². The highest BCUT2D eigenvalue weighted by atomic mass is 32.2. The van der Waals surface area contributed by atoms with Crippen molar-refractivity contribution in [3.63, 3.8) is 0 Å². The molecule has 0 radical (unpaired) electrons. The van der Waals surface area contributed by atoms with E-state index in [1.165, 1.54) is 17.7 Å². The lowest BCUT2D eigenvalue weighted by Gasteiger charge is -2.42. The Hall–Kier alpha value is -2.13. The second kappa shape index (κ2) is 9.15. The summed E-state index contributed by atoms with van der Waals surface area (Å²) in [4.78, 5) is 22.5. The lowest BCUT2D eigenvalue weighted by atomic mass is 9.77. The summed E-state index contributed by atoms with van der Waals surface area (Å²) >= 11 is 0. The summed E-state index contributed by atoms with van der Waals surface area (Å²) in [5.74, 6) is 3.43. The van der Waals surface area contributed by atoms with Gasteiger partial charge < -0.3 is 15.3 Å². The number of hydrogen-bond donors (Lipinski definition) is 2. The number of piperidine rings is 1. The molecule has 2 aliphatic carbocycles. The maximum Gasteiger partial charge on any atom is 0.227 e. The quantitative estimate of drug-likeness (QED) is 0.670. The maximum atomic E-state index is 13.1. The van der Waals surface area contributed by atoms with E-state index in [2.05, 4.69) is 10.2 Å². The molecule has 2 N–H and O–H groups in total. The average molecular weight is 483 g/mol. The molecular formula is C25H34N6O2S. The van der Waals surface area contributed by atoms with Crippen molar-refractivity contribution in [1.82, 2.24) is 19.9 Å². The molecule has 2 aliphatic heterocycles. The van der Waals surface area contributed by atoms with Gasteiger partial charge in [-0.05, 0) is 76.2 Å². The van der Waals surface area contributed by atoms with Crippen molar-refractivity contribution < 1.29 is 9.32 Å². The number of aryl methyl sites for hydroxylation is 3. The maximum absolute atomic E-state index is 13.1. The Morgan fingerprint density at radius 3 is 2.62 bits per heavy atom. The first kappa shape index (κ1) is 22.3. The van der Waals surface area contributed by atoms with E-state index < -0.39 is 10.8 Å². The van der Waals surface area contributed by atoms with Crippen LogP contribution in [0, 0.1) is 0 Å². The van der Waals surface area contributed by atoms with Crippen LogP contribution in [-0.4, -0.2) is 60.2 Å². The minimum atomic E-state index is -1.11. The lowest BCUT2D eigenvalue weighted by molar-refractivity contribution is 0.143. The number of nitrogens with one attached hydrogen (secondary N) is 1. The van der Waals surface area contributed by atoms with Crippen LogP contribution >= 0.6 is 0 Å². The molecule has 0 bridgehead atoms. The van der Waals surface area contributed by atoms with Crippen LogP contribution in [0.2, 0.25) is 0 Å². The summed E-state index contributed by atoms with van der Waals surface area (Å²) in [5.41, 5.74) is 3.15. The van der Waals surface area contributed by atoms with Crippen LogP contribution in [0.25, 0.3) is 0 Å². The zero-order valence-electron chi connectivity index (χ0n) is 19.8. The monoisotopic (exact) mass is 482 g/mol. The van der Waals surface area contributed by atoms with E-state index in [0.29, 0.717) is 17.5 Å². The number of anilines is 2. The van der Waals surface area contributed by atoms with E-state index in [1.807, 2.05) is 6.20 Å². The molecule has 0 aromatic carbocycles. The predicted octanol–water partition coefficient (Wildman–Crippen LogP) is 2.91. The van der Waals surface area contributed by atoms with Gasteiger partial charge in [0.05, 0.1) is 28.6 Å². The Bertz CT molecular complexity index is 1090. The number of nitrogens with zero attached hydrogens (tertiary/aromatic N) is 5. The number of aliphatic hydroxyl groups is 1. The normalized spacial score (nSPS) is 24.1. The fraction of sp³-hybridized carbons (Fsp3) is 0.680. The van der Waals surface area contributed by atoms with Crippen LogP contribution in [0.5, 0.6) is 0 Å². The molecule has 0 unspecified atom stereocenters. The molecule has 6 rings (SSSR count). The van der Waals surface area contributed by atoms with E-state index >= 15 is 0 Å². The molecule has 4 heterocycles. The Balaban J connectivity index is 1.25. The Morgan fingerprint density at radius 1 is 1.03 bits per heavy atom. The summed E-state index contributed by atoms with van der Waals surface area (Å²) in [6.45, 7) is 1.79. The summed E-state index contributed by atoms with van der Waals surface area (Å²) < 4.78 is 13.1. The Kier molecular flexibility index (Phi) is 6.01. The molecule has 2 aromatic heterocycles. The molecule has 9 heteroatoms. The molecule has 2 aromatic rings. The largest absolute Gasteiger partial charge is 0.394 e. The number of rotatable bonds is 5. The molecule has 0 spiro atoms. The van der Waals surface area contributed by atoms with Gasteiger partial charge in [0.15, 0.2) is 0 Å². The smallest absolute Gasteiger partial charge is 0.227 e. The van der Waals surface area contributed by atoms with Crippen LogP contribution in [-0.2, 0) is 30.1 Å². The molecule has 1 atom stereocenters.